The molecule has 0 atom stereocenters. The van der Waals surface area contributed by atoms with Crippen molar-refractivity contribution in [1.29, 1.82) is 0 Å². The van der Waals surface area contributed by atoms with Gasteiger partial charge < -0.3 is 15.0 Å². The maximum Gasteiger partial charge on any atom is 0.182 e. The van der Waals surface area contributed by atoms with Crippen LogP contribution in [-0.4, -0.2) is 42.1 Å². The van der Waals surface area contributed by atoms with Gasteiger partial charge in [0, 0.05) is 13.1 Å². The number of fused-ring (bicyclic) bond motifs is 3. The van der Waals surface area contributed by atoms with Crippen LogP contribution in [0.25, 0.3) is 0 Å². The average molecular weight is 166 g/mol. The maximum atomic E-state index is 5.16. The first-order chi connectivity index (χ1) is 5.95. The molecule has 0 amide bonds. The molecule has 0 radical (unpaired) electrons. The molecule has 64 valence electrons. The zero-order valence-electron chi connectivity index (χ0n) is 6.66. The zero-order valence-corrected chi connectivity index (χ0v) is 6.66. The summed E-state index contributed by atoms with van der Waals surface area (Å²) >= 11 is 0. The molecular weight excluding hydrogens is 156 g/mol. The van der Waals surface area contributed by atoms with Crippen molar-refractivity contribution in [2.75, 3.05) is 26.4 Å². The van der Waals surface area contributed by atoms with Crippen LogP contribution in [0.3, 0.4) is 0 Å². The van der Waals surface area contributed by atoms with E-state index in [0.717, 1.165) is 31.3 Å². The molecule has 0 aliphatic carbocycles. The van der Waals surface area contributed by atoms with E-state index < -0.39 is 0 Å². The van der Waals surface area contributed by atoms with E-state index in [0.29, 0.717) is 6.73 Å². The minimum absolute atomic E-state index is 0.565. The molecule has 0 spiro atoms. The fourth-order valence-electron chi connectivity index (χ4n) is 1.68. The standard InChI is InChI=1S/C7H10N4O/c1-2-10-6(3-8-1)9-11-5-12-4-7(10)11/h4,8H,1-3,5H2. The average Bonchev–Trinajstić information content (AvgIpc) is 2.62. The normalized spacial score (nSPS) is 26.0. The highest BCUT2D eigenvalue weighted by molar-refractivity contribution is 5.87. The summed E-state index contributed by atoms with van der Waals surface area (Å²) in [4.78, 5) is 2.20. The Hall–Kier alpha value is -1.23. The molecule has 0 aromatic rings. The number of nitrogens with one attached hydrogen (secondary N) is 1. The van der Waals surface area contributed by atoms with Gasteiger partial charge in [-0.25, -0.2) is 5.01 Å². The minimum atomic E-state index is 0.565. The summed E-state index contributed by atoms with van der Waals surface area (Å²) in [5, 5.41) is 9.56. The lowest BCUT2D eigenvalue weighted by Gasteiger charge is -2.24. The van der Waals surface area contributed by atoms with Gasteiger partial charge in [0.1, 0.15) is 12.1 Å². The highest BCUT2D eigenvalue weighted by Crippen LogP contribution is 2.24. The number of ether oxygens (including phenoxy) is 1. The largest absolute Gasteiger partial charge is 0.475 e. The van der Waals surface area contributed by atoms with E-state index in [2.05, 4.69) is 15.3 Å². The highest BCUT2D eigenvalue weighted by Gasteiger charge is 2.33. The molecule has 3 heterocycles. The third kappa shape index (κ3) is 0.687. The topological polar surface area (TPSA) is 40.1 Å². The number of amidine groups is 1. The fraction of sp³-hybridized carbons (Fsp3) is 0.571. The van der Waals surface area contributed by atoms with E-state index in [1.807, 2.05) is 5.01 Å². The SMILES string of the molecule is C1=C2N(CO1)N=C1CNCCN21. The van der Waals surface area contributed by atoms with Crippen LogP contribution >= 0.6 is 0 Å². The van der Waals surface area contributed by atoms with Crippen molar-refractivity contribution in [3.63, 3.8) is 0 Å². The number of hydrazone groups is 1. The van der Waals surface area contributed by atoms with Gasteiger partial charge in [-0.1, -0.05) is 0 Å². The zero-order chi connectivity index (χ0) is 7.97. The first kappa shape index (κ1) is 6.30. The van der Waals surface area contributed by atoms with E-state index >= 15 is 0 Å². The van der Waals surface area contributed by atoms with E-state index in [1.54, 1.807) is 6.26 Å². The van der Waals surface area contributed by atoms with Gasteiger partial charge in [-0.3, -0.25) is 0 Å². The molecule has 0 aromatic heterocycles. The summed E-state index contributed by atoms with van der Waals surface area (Å²) in [6, 6.07) is 0. The third-order valence-corrected chi connectivity index (χ3v) is 2.27. The Morgan fingerprint density at radius 1 is 1.58 bits per heavy atom. The predicted octanol–water partition coefficient (Wildman–Crippen LogP) is -0.693. The molecule has 3 aliphatic heterocycles. The van der Waals surface area contributed by atoms with Crippen molar-refractivity contribution in [1.82, 2.24) is 15.2 Å². The van der Waals surface area contributed by atoms with Gasteiger partial charge >= 0.3 is 0 Å². The Labute approximate surface area is 70.3 Å². The molecule has 1 fully saturated rings. The van der Waals surface area contributed by atoms with Gasteiger partial charge in [0.25, 0.3) is 0 Å². The van der Waals surface area contributed by atoms with Crippen LogP contribution in [0.15, 0.2) is 17.2 Å². The molecule has 3 rings (SSSR count). The molecule has 3 aliphatic rings. The van der Waals surface area contributed by atoms with E-state index in [1.165, 1.54) is 0 Å². The summed E-state index contributed by atoms with van der Waals surface area (Å²) in [7, 11) is 0. The summed E-state index contributed by atoms with van der Waals surface area (Å²) < 4.78 is 5.16. The minimum Gasteiger partial charge on any atom is -0.475 e. The summed E-state index contributed by atoms with van der Waals surface area (Å²) in [5.74, 6) is 2.20. The van der Waals surface area contributed by atoms with Crippen molar-refractivity contribution < 1.29 is 4.74 Å². The Bertz CT molecular complexity index is 273. The van der Waals surface area contributed by atoms with Gasteiger partial charge in [0.15, 0.2) is 12.6 Å². The number of nitrogens with zero attached hydrogens (tertiary/aromatic N) is 3. The van der Waals surface area contributed by atoms with Crippen LogP contribution in [0.1, 0.15) is 0 Å². The highest BCUT2D eigenvalue weighted by atomic mass is 16.5. The molecule has 0 aromatic carbocycles. The van der Waals surface area contributed by atoms with Gasteiger partial charge in [0.2, 0.25) is 0 Å². The maximum absolute atomic E-state index is 5.16. The van der Waals surface area contributed by atoms with Crippen molar-refractivity contribution >= 4 is 5.84 Å². The summed E-state index contributed by atoms with van der Waals surface area (Å²) in [6.07, 6.45) is 1.78. The van der Waals surface area contributed by atoms with E-state index in [4.69, 9.17) is 4.74 Å². The monoisotopic (exact) mass is 166 g/mol. The molecule has 0 unspecified atom stereocenters. The van der Waals surface area contributed by atoms with Crippen LogP contribution in [0.5, 0.6) is 0 Å². The second kappa shape index (κ2) is 2.13. The molecule has 0 saturated carbocycles. The van der Waals surface area contributed by atoms with Crippen LogP contribution in [-0.2, 0) is 4.74 Å². The second-order valence-electron chi connectivity index (χ2n) is 3.02. The molecule has 12 heavy (non-hydrogen) atoms. The number of hydrogen-bond acceptors (Lipinski definition) is 5. The van der Waals surface area contributed by atoms with E-state index in [-0.39, 0.29) is 0 Å². The molecule has 0 bridgehead atoms. The Balaban J connectivity index is 1.95. The lowest BCUT2D eigenvalue weighted by molar-refractivity contribution is 0.169. The van der Waals surface area contributed by atoms with Crippen LogP contribution in [0.2, 0.25) is 0 Å². The van der Waals surface area contributed by atoms with Crippen molar-refractivity contribution in [3.8, 4) is 0 Å². The fourth-order valence-corrected chi connectivity index (χ4v) is 1.68. The van der Waals surface area contributed by atoms with Crippen molar-refractivity contribution in [2.24, 2.45) is 5.10 Å². The molecule has 1 N–H and O–H groups in total. The molecule has 1 saturated heterocycles. The number of piperazine rings is 1. The molecule has 5 heteroatoms. The second-order valence-corrected chi connectivity index (χ2v) is 3.02. The van der Waals surface area contributed by atoms with Crippen LogP contribution in [0.4, 0.5) is 0 Å². The van der Waals surface area contributed by atoms with E-state index in [9.17, 15) is 0 Å². The van der Waals surface area contributed by atoms with Gasteiger partial charge in [-0.05, 0) is 0 Å². The van der Waals surface area contributed by atoms with Gasteiger partial charge in [-0.15, -0.1) is 0 Å². The van der Waals surface area contributed by atoms with Crippen LogP contribution < -0.4 is 5.32 Å². The van der Waals surface area contributed by atoms with Crippen molar-refractivity contribution in [2.45, 2.75) is 0 Å². The van der Waals surface area contributed by atoms with Crippen molar-refractivity contribution in [3.05, 3.63) is 12.1 Å². The Morgan fingerprint density at radius 2 is 2.58 bits per heavy atom. The number of rotatable bonds is 0. The summed E-state index contributed by atoms with van der Waals surface area (Å²) in [6.45, 7) is 3.44. The number of hydrogen-bond donors (Lipinski definition) is 1. The third-order valence-electron chi connectivity index (χ3n) is 2.27. The Morgan fingerprint density at radius 3 is 3.58 bits per heavy atom. The smallest absolute Gasteiger partial charge is 0.182 e. The van der Waals surface area contributed by atoms with Gasteiger partial charge in [0.05, 0.1) is 6.54 Å². The van der Waals surface area contributed by atoms with Gasteiger partial charge in [-0.2, -0.15) is 5.10 Å². The predicted molar refractivity (Wildman–Crippen MR) is 42.9 cm³/mol. The van der Waals surface area contributed by atoms with Crippen LogP contribution in [0, 0.1) is 0 Å². The Kier molecular flexibility index (Phi) is 1.12. The first-order valence-electron chi connectivity index (χ1n) is 4.10. The lowest BCUT2D eigenvalue weighted by atomic mass is 10.3. The quantitative estimate of drug-likeness (QED) is 0.517. The lowest BCUT2D eigenvalue weighted by Crippen LogP contribution is -2.45. The molecular formula is C7H10N4O. The summed E-state index contributed by atoms with van der Waals surface area (Å²) in [5.41, 5.74) is 0. The molecule has 5 nitrogen and oxygen atoms in total. The first-order valence-corrected chi connectivity index (χ1v) is 4.10.